The topological polar surface area (TPSA) is 78.9 Å². The lowest BCUT2D eigenvalue weighted by atomic mass is 10.1. The fourth-order valence-electron chi connectivity index (χ4n) is 7.41. The fourth-order valence-corrected chi connectivity index (χ4v) is 7.41. The van der Waals surface area contributed by atoms with Gasteiger partial charge in [0, 0.05) is 19.3 Å². The Balaban J connectivity index is 4.56. The molecule has 0 spiro atoms. The molecule has 6 heteroatoms. The highest BCUT2D eigenvalue weighted by molar-refractivity contribution is 5.71. The van der Waals surface area contributed by atoms with E-state index in [1.807, 2.05) is 12.2 Å². The average molecular weight is 982 g/mol. The van der Waals surface area contributed by atoms with E-state index in [0.29, 0.717) is 12.8 Å². The second-order valence-electron chi connectivity index (χ2n) is 18.5. The first kappa shape index (κ1) is 66.6. The van der Waals surface area contributed by atoms with Gasteiger partial charge in [-0.15, -0.1) is 0 Å². The molecule has 6 nitrogen and oxygen atoms in total. The quantitative estimate of drug-likeness (QED) is 0.0199. The van der Waals surface area contributed by atoms with Crippen molar-refractivity contribution in [3.05, 3.63) is 134 Å². The van der Waals surface area contributed by atoms with Gasteiger partial charge in [0.05, 0.1) is 0 Å². The molecule has 1 unspecified atom stereocenters. The third-order valence-electron chi connectivity index (χ3n) is 11.7. The zero-order valence-corrected chi connectivity index (χ0v) is 45.7. The molecular formula is C65H104O6. The van der Waals surface area contributed by atoms with Crippen LogP contribution in [0.2, 0.25) is 0 Å². The van der Waals surface area contributed by atoms with E-state index in [2.05, 4.69) is 142 Å². The van der Waals surface area contributed by atoms with Crippen molar-refractivity contribution in [1.82, 2.24) is 0 Å². The van der Waals surface area contributed by atoms with E-state index in [1.165, 1.54) is 64.2 Å². The highest BCUT2D eigenvalue weighted by Crippen LogP contribution is 2.13. The van der Waals surface area contributed by atoms with Gasteiger partial charge in [-0.05, 0) is 116 Å². The van der Waals surface area contributed by atoms with E-state index in [9.17, 15) is 14.4 Å². The monoisotopic (exact) mass is 981 g/mol. The van der Waals surface area contributed by atoms with Crippen LogP contribution in [0.25, 0.3) is 0 Å². The molecule has 0 bridgehead atoms. The molecule has 0 saturated carbocycles. The molecule has 0 radical (unpaired) electrons. The molecule has 0 fully saturated rings. The van der Waals surface area contributed by atoms with Crippen LogP contribution in [0, 0.1) is 0 Å². The number of unbranched alkanes of at least 4 members (excludes halogenated alkanes) is 18. The SMILES string of the molecule is CC/C=C\C/C=C\C/C=C\C/C=C\C/C=C\CCC(=O)OCC(COC(=O)CCCCCCCC/C=C\C/C=C\C/C=C\C/C=C\CC)OC(=O)CCCCCCC/C=C\C=C/CCCCCCCCC. The summed E-state index contributed by atoms with van der Waals surface area (Å²) < 4.78 is 16.8. The highest BCUT2D eigenvalue weighted by atomic mass is 16.6. The molecular weight excluding hydrogens is 877 g/mol. The smallest absolute Gasteiger partial charge is 0.306 e. The Morgan fingerprint density at radius 2 is 0.620 bits per heavy atom. The van der Waals surface area contributed by atoms with Gasteiger partial charge in [0.15, 0.2) is 6.10 Å². The van der Waals surface area contributed by atoms with E-state index in [4.69, 9.17) is 14.2 Å². The van der Waals surface area contributed by atoms with Gasteiger partial charge < -0.3 is 14.2 Å². The van der Waals surface area contributed by atoms with Crippen LogP contribution in [0.15, 0.2) is 134 Å². The van der Waals surface area contributed by atoms with Crippen LogP contribution in [0.4, 0.5) is 0 Å². The summed E-state index contributed by atoms with van der Waals surface area (Å²) in [5.74, 6) is -1.04. The minimum Gasteiger partial charge on any atom is -0.462 e. The Kier molecular flexibility index (Phi) is 54.5. The average Bonchev–Trinajstić information content (AvgIpc) is 3.37. The van der Waals surface area contributed by atoms with E-state index in [1.54, 1.807) is 0 Å². The van der Waals surface area contributed by atoms with Crippen molar-refractivity contribution in [2.24, 2.45) is 0 Å². The molecule has 0 aliphatic rings. The summed E-state index contributed by atoms with van der Waals surface area (Å²) in [7, 11) is 0. The number of rotatable bonds is 50. The summed E-state index contributed by atoms with van der Waals surface area (Å²) in [4.78, 5) is 38.1. The summed E-state index contributed by atoms with van der Waals surface area (Å²) in [6.07, 6.45) is 81.6. The van der Waals surface area contributed by atoms with Crippen molar-refractivity contribution in [2.75, 3.05) is 13.2 Å². The van der Waals surface area contributed by atoms with Crippen molar-refractivity contribution in [2.45, 2.75) is 245 Å². The predicted molar refractivity (Wildman–Crippen MR) is 306 cm³/mol. The van der Waals surface area contributed by atoms with Gasteiger partial charge in [0.2, 0.25) is 0 Å². The van der Waals surface area contributed by atoms with Crippen LogP contribution >= 0.6 is 0 Å². The Morgan fingerprint density at radius 3 is 1.03 bits per heavy atom. The maximum atomic E-state index is 12.9. The summed E-state index contributed by atoms with van der Waals surface area (Å²) >= 11 is 0. The van der Waals surface area contributed by atoms with Crippen LogP contribution in [0.3, 0.4) is 0 Å². The molecule has 0 aliphatic carbocycles. The number of ether oxygens (including phenoxy) is 3. The normalized spacial score (nSPS) is 13.1. The van der Waals surface area contributed by atoms with Crippen molar-refractivity contribution in [1.29, 1.82) is 0 Å². The molecule has 0 aromatic rings. The molecule has 0 saturated heterocycles. The molecule has 0 rings (SSSR count). The van der Waals surface area contributed by atoms with Gasteiger partial charge in [-0.2, -0.15) is 0 Å². The van der Waals surface area contributed by atoms with Crippen LogP contribution in [-0.2, 0) is 28.6 Å². The molecule has 1 atom stereocenters. The van der Waals surface area contributed by atoms with Gasteiger partial charge in [-0.1, -0.05) is 238 Å². The van der Waals surface area contributed by atoms with Crippen molar-refractivity contribution in [3.8, 4) is 0 Å². The molecule has 0 aromatic heterocycles. The van der Waals surface area contributed by atoms with Gasteiger partial charge in [-0.3, -0.25) is 14.4 Å². The maximum Gasteiger partial charge on any atom is 0.306 e. The second-order valence-corrected chi connectivity index (χ2v) is 18.5. The van der Waals surface area contributed by atoms with E-state index < -0.39 is 6.10 Å². The molecule has 0 aliphatic heterocycles. The maximum absolute atomic E-state index is 12.9. The summed E-state index contributed by atoms with van der Waals surface area (Å²) in [5.41, 5.74) is 0. The summed E-state index contributed by atoms with van der Waals surface area (Å²) in [6.45, 7) is 6.31. The lowest BCUT2D eigenvalue weighted by molar-refractivity contribution is -0.166. The molecule has 0 amide bonds. The highest BCUT2D eigenvalue weighted by Gasteiger charge is 2.19. The zero-order chi connectivity index (χ0) is 51.4. The van der Waals surface area contributed by atoms with Crippen molar-refractivity contribution < 1.29 is 28.6 Å². The minimum absolute atomic E-state index is 0.119. The van der Waals surface area contributed by atoms with Crippen LogP contribution < -0.4 is 0 Å². The molecule has 0 N–H and O–H groups in total. The van der Waals surface area contributed by atoms with E-state index in [0.717, 1.165) is 128 Å². The van der Waals surface area contributed by atoms with Gasteiger partial charge in [0.1, 0.15) is 13.2 Å². The zero-order valence-electron chi connectivity index (χ0n) is 45.7. The predicted octanol–water partition coefficient (Wildman–Crippen LogP) is 19.4. The first-order chi connectivity index (χ1) is 35.0. The van der Waals surface area contributed by atoms with Crippen LogP contribution in [0.1, 0.15) is 239 Å². The largest absolute Gasteiger partial charge is 0.462 e. The minimum atomic E-state index is -0.828. The first-order valence-electron chi connectivity index (χ1n) is 28.7. The number of esters is 3. The molecule has 71 heavy (non-hydrogen) atoms. The van der Waals surface area contributed by atoms with Crippen LogP contribution in [0.5, 0.6) is 0 Å². The first-order valence-corrected chi connectivity index (χ1v) is 28.7. The Morgan fingerprint density at radius 1 is 0.310 bits per heavy atom. The number of hydrogen-bond acceptors (Lipinski definition) is 6. The number of allylic oxidation sites excluding steroid dienone is 22. The van der Waals surface area contributed by atoms with Crippen molar-refractivity contribution in [3.63, 3.8) is 0 Å². The van der Waals surface area contributed by atoms with Gasteiger partial charge in [-0.25, -0.2) is 0 Å². The van der Waals surface area contributed by atoms with Gasteiger partial charge in [0.25, 0.3) is 0 Å². The lowest BCUT2D eigenvalue weighted by Gasteiger charge is -2.18. The summed E-state index contributed by atoms with van der Waals surface area (Å²) in [5, 5.41) is 0. The van der Waals surface area contributed by atoms with Gasteiger partial charge >= 0.3 is 17.9 Å². The second kappa shape index (κ2) is 58.1. The Labute approximate surface area is 436 Å². The molecule has 0 heterocycles. The standard InChI is InChI=1S/C65H104O6/c1-4-7-10-13-16-19-22-25-28-31-33-35-37-40-43-46-49-52-55-58-64(67)70-61-62(60-69-63(66)57-54-51-48-45-42-39-36-30-27-24-21-18-15-12-9-6-3)71-65(68)59-56-53-50-47-44-41-38-34-32-29-26-23-20-17-14-11-8-5-2/h7,9-10,12,16,18-19,21,25,27-30,32-35,38-39,42,48,51,62H,4-6,8,11,13-15,17,20,22-24,26,31,36-37,40-41,43-47,49-50,52-61H2,1-3H3/b10-7-,12-9-,19-16-,21-18-,28-25-,30-27-,32-29-,35-33-,38-34-,42-39-,51-48-. The fraction of sp³-hybridized carbons (Fsp3) is 0.615. The van der Waals surface area contributed by atoms with E-state index in [-0.39, 0.29) is 44.0 Å². The molecule has 0 aromatic carbocycles. The third kappa shape index (κ3) is 56.3. The van der Waals surface area contributed by atoms with E-state index >= 15 is 0 Å². The number of hydrogen-bond donors (Lipinski definition) is 0. The third-order valence-corrected chi connectivity index (χ3v) is 11.7. The Bertz CT molecular complexity index is 1550. The molecule has 400 valence electrons. The van der Waals surface area contributed by atoms with Crippen LogP contribution in [-0.4, -0.2) is 37.2 Å². The van der Waals surface area contributed by atoms with Crippen molar-refractivity contribution >= 4 is 17.9 Å². The Hall–Kier alpha value is -4.45. The lowest BCUT2D eigenvalue weighted by Crippen LogP contribution is -2.30. The number of carbonyl (C=O) groups excluding carboxylic acids is 3. The summed E-state index contributed by atoms with van der Waals surface area (Å²) in [6, 6.07) is 0. The number of carbonyl (C=O) groups is 3.